The highest BCUT2D eigenvalue weighted by Crippen LogP contribution is 2.22. The smallest absolute Gasteiger partial charge is 0.316 e. The van der Waals surface area contributed by atoms with Crippen LogP contribution in [0, 0.1) is 0 Å². The van der Waals surface area contributed by atoms with Gasteiger partial charge >= 0.3 is 5.97 Å². The van der Waals surface area contributed by atoms with Crippen LogP contribution in [0.15, 0.2) is 27.2 Å². The summed E-state index contributed by atoms with van der Waals surface area (Å²) < 4.78 is 10.5. The number of nitrogens with zero attached hydrogens (tertiary/aromatic N) is 2. The van der Waals surface area contributed by atoms with E-state index in [1.54, 1.807) is 12.1 Å². The highest BCUT2D eigenvalue weighted by molar-refractivity contribution is 5.74. The normalized spacial score (nSPS) is 12.8. The maximum atomic E-state index is 11.2. The van der Waals surface area contributed by atoms with Crippen LogP contribution in [0.5, 0.6) is 0 Å². The molecule has 0 aliphatic carbocycles. The van der Waals surface area contributed by atoms with E-state index in [0.29, 0.717) is 11.7 Å². The highest BCUT2D eigenvalue weighted by Gasteiger charge is 2.28. The molecule has 0 spiro atoms. The lowest BCUT2D eigenvalue weighted by Gasteiger charge is -2.05. The number of carbonyl (C=O) groups is 1. The molecule has 0 aromatic carbocycles. The van der Waals surface area contributed by atoms with Crippen molar-refractivity contribution in [1.29, 1.82) is 0 Å². The van der Waals surface area contributed by atoms with E-state index in [4.69, 9.17) is 8.83 Å². The van der Waals surface area contributed by atoms with Crippen molar-refractivity contribution < 1.29 is 18.7 Å². The van der Waals surface area contributed by atoms with Gasteiger partial charge in [-0.05, 0) is 12.1 Å². The number of hydrogen-bond donors (Lipinski definition) is 1. The Kier molecular flexibility index (Phi) is 3.45. The van der Waals surface area contributed by atoms with Crippen molar-refractivity contribution in [1.82, 2.24) is 10.2 Å². The Bertz CT molecular complexity index is 516. The molecule has 2 heterocycles. The zero-order chi connectivity index (χ0) is 13.1. The number of carboxylic acids is 1. The summed E-state index contributed by atoms with van der Waals surface area (Å²) in [6.07, 6.45) is 1.70. The molecule has 0 amide bonds. The van der Waals surface area contributed by atoms with E-state index in [2.05, 4.69) is 10.2 Å². The Hall–Kier alpha value is -2.11. The van der Waals surface area contributed by atoms with Crippen LogP contribution in [0.2, 0.25) is 0 Å². The summed E-state index contributed by atoms with van der Waals surface area (Å²) in [6.45, 7) is 3.80. The zero-order valence-electron chi connectivity index (χ0n) is 10.2. The van der Waals surface area contributed by atoms with Crippen LogP contribution in [0.25, 0.3) is 0 Å². The van der Waals surface area contributed by atoms with Crippen molar-refractivity contribution in [2.24, 2.45) is 0 Å². The largest absolute Gasteiger partial charge is 0.481 e. The second-order valence-electron chi connectivity index (χ2n) is 4.31. The lowest BCUT2D eigenvalue weighted by atomic mass is 10.0. The SMILES string of the molecule is CC(C)c1nnc(C(Cc2ccco2)C(=O)O)o1. The summed E-state index contributed by atoms with van der Waals surface area (Å²) in [6, 6.07) is 3.43. The van der Waals surface area contributed by atoms with Gasteiger partial charge in [-0.25, -0.2) is 0 Å². The first-order chi connectivity index (χ1) is 8.58. The number of hydrogen-bond acceptors (Lipinski definition) is 5. The minimum absolute atomic E-state index is 0.0734. The molecule has 2 rings (SSSR count). The van der Waals surface area contributed by atoms with Gasteiger partial charge in [-0.3, -0.25) is 4.79 Å². The molecule has 18 heavy (non-hydrogen) atoms. The van der Waals surface area contributed by atoms with Crippen LogP contribution in [-0.2, 0) is 11.2 Å². The topological polar surface area (TPSA) is 89.4 Å². The minimum Gasteiger partial charge on any atom is -0.481 e. The second-order valence-corrected chi connectivity index (χ2v) is 4.31. The van der Waals surface area contributed by atoms with Gasteiger partial charge in [-0.15, -0.1) is 10.2 Å². The van der Waals surface area contributed by atoms with Gasteiger partial charge in [0, 0.05) is 12.3 Å². The lowest BCUT2D eigenvalue weighted by molar-refractivity contribution is -0.139. The molecule has 1 N–H and O–H groups in total. The molecule has 0 saturated carbocycles. The summed E-state index contributed by atoms with van der Waals surface area (Å²) >= 11 is 0. The fraction of sp³-hybridized carbons (Fsp3) is 0.417. The molecular weight excluding hydrogens is 236 g/mol. The van der Waals surface area contributed by atoms with Crippen molar-refractivity contribution >= 4 is 5.97 Å². The third-order valence-electron chi connectivity index (χ3n) is 2.53. The average molecular weight is 250 g/mol. The number of aliphatic carboxylic acids is 1. The molecule has 0 aliphatic heterocycles. The Morgan fingerprint density at radius 3 is 2.61 bits per heavy atom. The molecule has 1 unspecified atom stereocenters. The van der Waals surface area contributed by atoms with Crippen LogP contribution in [0.1, 0.15) is 43.2 Å². The molecule has 0 bridgehead atoms. The van der Waals surface area contributed by atoms with Gasteiger partial charge in [0.1, 0.15) is 11.7 Å². The quantitative estimate of drug-likeness (QED) is 0.874. The minimum atomic E-state index is -1.01. The van der Waals surface area contributed by atoms with Gasteiger partial charge in [0.25, 0.3) is 0 Å². The zero-order valence-corrected chi connectivity index (χ0v) is 10.2. The molecule has 0 saturated heterocycles. The summed E-state index contributed by atoms with van der Waals surface area (Å²) in [5, 5.41) is 16.8. The average Bonchev–Trinajstić information content (AvgIpc) is 2.96. The molecule has 6 heteroatoms. The first-order valence-corrected chi connectivity index (χ1v) is 5.66. The van der Waals surface area contributed by atoms with Crippen LogP contribution in [0.3, 0.4) is 0 Å². The maximum absolute atomic E-state index is 11.2. The Morgan fingerprint density at radius 1 is 1.39 bits per heavy atom. The summed E-state index contributed by atoms with van der Waals surface area (Å²) in [4.78, 5) is 11.2. The summed E-state index contributed by atoms with van der Waals surface area (Å²) in [5.74, 6) is -0.684. The Labute approximate surface area is 104 Å². The fourth-order valence-corrected chi connectivity index (χ4v) is 1.53. The van der Waals surface area contributed by atoms with Gasteiger partial charge in [-0.1, -0.05) is 13.8 Å². The molecule has 1 atom stereocenters. The van der Waals surface area contributed by atoms with E-state index in [1.807, 2.05) is 13.8 Å². The standard InChI is InChI=1S/C12H14N2O4/c1-7(2)10-13-14-11(18-10)9(12(15)16)6-8-4-3-5-17-8/h3-5,7,9H,6H2,1-2H3,(H,15,16). The van der Waals surface area contributed by atoms with Crippen molar-refractivity contribution in [2.45, 2.75) is 32.1 Å². The maximum Gasteiger partial charge on any atom is 0.316 e. The predicted molar refractivity (Wildman–Crippen MR) is 61.2 cm³/mol. The van der Waals surface area contributed by atoms with E-state index in [1.165, 1.54) is 6.26 Å². The molecule has 2 aromatic heterocycles. The predicted octanol–water partition coefficient (Wildman–Crippen LogP) is 2.20. The molecule has 96 valence electrons. The Morgan fingerprint density at radius 2 is 2.11 bits per heavy atom. The van der Waals surface area contributed by atoms with Crippen molar-refractivity contribution in [3.8, 4) is 0 Å². The van der Waals surface area contributed by atoms with Crippen molar-refractivity contribution in [3.63, 3.8) is 0 Å². The van der Waals surface area contributed by atoms with E-state index in [-0.39, 0.29) is 18.2 Å². The third kappa shape index (κ3) is 2.58. The van der Waals surface area contributed by atoms with E-state index < -0.39 is 11.9 Å². The molecule has 2 aromatic rings. The molecular formula is C12H14N2O4. The fourth-order valence-electron chi connectivity index (χ4n) is 1.53. The monoisotopic (exact) mass is 250 g/mol. The first-order valence-electron chi connectivity index (χ1n) is 5.66. The highest BCUT2D eigenvalue weighted by atomic mass is 16.4. The summed E-state index contributed by atoms with van der Waals surface area (Å²) in [7, 11) is 0. The summed E-state index contributed by atoms with van der Waals surface area (Å²) in [5.41, 5.74) is 0. The number of furan rings is 1. The number of carboxylic acid groups (broad SMARTS) is 1. The van der Waals surface area contributed by atoms with Gasteiger partial charge in [0.15, 0.2) is 0 Å². The van der Waals surface area contributed by atoms with E-state index in [0.717, 1.165) is 0 Å². The Balaban J connectivity index is 2.21. The van der Waals surface area contributed by atoms with Gasteiger partial charge < -0.3 is 13.9 Å². The van der Waals surface area contributed by atoms with E-state index >= 15 is 0 Å². The van der Waals surface area contributed by atoms with Gasteiger partial charge in [0.2, 0.25) is 11.8 Å². The first kappa shape index (κ1) is 12.3. The molecule has 6 nitrogen and oxygen atoms in total. The molecule has 0 fully saturated rings. The molecule has 0 aliphatic rings. The molecule has 0 radical (unpaired) electrons. The third-order valence-corrected chi connectivity index (χ3v) is 2.53. The lowest BCUT2D eigenvalue weighted by Crippen LogP contribution is -2.14. The van der Waals surface area contributed by atoms with E-state index in [9.17, 15) is 9.90 Å². The van der Waals surface area contributed by atoms with Crippen LogP contribution >= 0.6 is 0 Å². The number of rotatable bonds is 5. The van der Waals surface area contributed by atoms with Crippen LogP contribution < -0.4 is 0 Å². The van der Waals surface area contributed by atoms with Crippen LogP contribution in [0.4, 0.5) is 0 Å². The van der Waals surface area contributed by atoms with Crippen molar-refractivity contribution in [3.05, 3.63) is 35.9 Å². The van der Waals surface area contributed by atoms with Gasteiger partial charge in [0.05, 0.1) is 6.26 Å². The van der Waals surface area contributed by atoms with Crippen LogP contribution in [-0.4, -0.2) is 21.3 Å². The van der Waals surface area contributed by atoms with Gasteiger partial charge in [-0.2, -0.15) is 0 Å². The second kappa shape index (κ2) is 5.03. The van der Waals surface area contributed by atoms with Crippen molar-refractivity contribution in [2.75, 3.05) is 0 Å². The number of aromatic nitrogens is 2.